The summed E-state index contributed by atoms with van der Waals surface area (Å²) in [4.78, 5) is 0. The molecular formula is C10H18O2. The minimum Gasteiger partial charge on any atom is -0.457 e. The molecule has 2 nitrogen and oxygen atoms in total. The van der Waals surface area contributed by atoms with Crippen LogP contribution >= 0.6 is 0 Å². The van der Waals surface area contributed by atoms with E-state index in [0.717, 1.165) is 12.2 Å². The Bertz CT molecular complexity index is 175. The summed E-state index contributed by atoms with van der Waals surface area (Å²) in [5.74, 6) is 0.508. The number of rotatable bonds is 4. The Labute approximate surface area is 74.6 Å². The average molecular weight is 170 g/mol. The van der Waals surface area contributed by atoms with Crippen LogP contribution in [0.3, 0.4) is 0 Å². The molecule has 0 radical (unpaired) electrons. The van der Waals surface area contributed by atoms with Gasteiger partial charge < -0.3 is 9.47 Å². The smallest absolute Gasteiger partial charge is 0.247 e. The van der Waals surface area contributed by atoms with Crippen molar-refractivity contribution in [3.8, 4) is 0 Å². The first-order valence-corrected chi connectivity index (χ1v) is 4.70. The van der Waals surface area contributed by atoms with E-state index in [2.05, 4.69) is 6.92 Å². The van der Waals surface area contributed by atoms with Gasteiger partial charge in [-0.1, -0.05) is 19.8 Å². The zero-order valence-corrected chi connectivity index (χ0v) is 8.22. The number of hydrogen-bond acceptors (Lipinski definition) is 2. The zero-order chi connectivity index (χ0) is 9.03. The molecule has 0 aromatic rings. The van der Waals surface area contributed by atoms with Crippen molar-refractivity contribution in [2.75, 3.05) is 0 Å². The summed E-state index contributed by atoms with van der Waals surface area (Å²) in [5.41, 5.74) is 0. The van der Waals surface area contributed by atoms with Crippen molar-refractivity contribution in [2.45, 2.75) is 52.2 Å². The maximum absolute atomic E-state index is 5.53. The fourth-order valence-electron chi connectivity index (χ4n) is 1.40. The van der Waals surface area contributed by atoms with Crippen molar-refractivity contribution in [3.05, 3.63) is 12.0 Å². The van der Waals surface area contributed by atoms with Crippen molar-refractivity contribution in [1.82, 2.24) is 0 Å². The molecule has 1 aliphatic heterocycles. The van der Waals surface area contributed by atoms with Gasteiger partial charge >= 0.3 is 0 Å². The molecule has 1 rings (SSSR count). The van der Waals surface area contributed by atoms with E-state index < -0.39 is 0 Å². The summed E-state index contributed by atoms with van der Waals surface area (Å²) in [5, 5.41) is 0. The predicted octanol–water partition coefficient (Wildman–Crippen LogP) is 3.19. The van der Waals surface area contributed by atoms with E-state index in [4.69, 9.17) is 9.47 Å². The van der Waals surface area contributed by atoms with Crippen LogP contribution in [-0.2, 0) is 9.47 Å². The van der Waals surface area contributed by atoms with Crippen LogP contribution in [0.1, 0.15) is 46.5 Å². The molecule has 0 fully saturated rings. The SMILES string of the molecule is CCCCCC1(C)OC=C(C)O1. The second-order valence-electron chi connectivity index (χ2n) is 3.54. The number of allylic oxidation sites excluding steroid dienone is 1. The Morgan fingerprint density at radius 3 is 2.67 bits per heavy atom. The second kappa shape index (κ2) is 3.83. The third kappa shape index (κ3) is 2.43. The van der Waals surface area contributed by atoms with Crippen LogP contribution < -0.4 is 0 Å². The summed E-state index contributed by atoms with van der Waals surface area (Å²) in [6, 6.07) is 0. The second-order valence-corrected chi connectivity index (χ2v) is 3.54. The normalized spacial score (nSPS) is 27.8. The molecule has 1 unspecified atom stereocenters. The van der Waals surface area contributed by atoms with Crippen molar-refractivity contribution >= 4 is 0 Å². The van der Waals surface area contributed by atoms with Gasteiger partial charge in [0.2, 0.25) is 5.79 Å². The monoisotopic (exact) mass is 170 g/mol. The molecule has 0 spiro atoms. The first kappa shape index (κ1) is 9.43. The molecule has 1 heterocycles. The fourth-order valence-corrected chi connectivity index (χ4v) is 1.40. The first-order valence-electron chi connectivity index (χ1n) is 4.70. The van der Waals surface area contributed by atoms with Gasteiger partial charge in [-0.25, -0.2) is 0 Å². The largest absolute Gasteiger partial charge is 0.457 e. The van der Waals surface area contributed by atoms with Crippen LogP contribution in [0.25, 0.3) is 0 Å². The zero-order valence-electron chi connectivity index (χ0n) is 8.22. The van der Waals surface area contributed by atoms with Crippen LogP contribution in [0.4, 0.5) is 0 Å². The average Bonchev–Trinajstić information content (AvgIpc) is 2.32. The summed E-state index contributed by atoms with van der Waals surface area (Å²) >= 11 is 0. The molecule has 0 amide bonds. The highest BCUT2D eigenvalue weighted by Crippen LogP contribution is 2.29. The Balaban J connectivity index is 2.23. The summed E-state index contributed by atoms with van der Waals surface area (Å²) < 4.78 is 10.9. The van der Waals surface area contributed by atoms with Crippen molar-refractivity contribution < 1.29 is 9.47 Å². The van der Waals surface area contributed by atoms with Crippen LogP contribution in [0.15, 0.2) is 12.0 Å². The van der Waals surface area contributed by atoms with Crippen molar-refractivity contribution in [2.24, 2.45) is 0 Å². The third-order valence-electron chi connectivity index (χ3n) is 2.09. The molecule has 0 aromatic carbocycles. The van der Waals surface area contributed by atoms with Gasteiger partial charge in [0.05, 0.1) is 0 Å². The molecule has 0 saturated carbocycles. The van der Waals surface area contributed by atoms with E-state index in [-0.39, 0.29) is 5.79 Å². The van der Waals surface area contributed by atoms with E-state index in [9.17, 15) is 0 Å². The number of hydrogen-bond donors (Lipinski definition) is 0. The molecule has 0 N–H and O–H groups in total. The Morgan fingerprint density at radius 2 is 2.17 bits per heavy atom. The Kier molecular flexibility index (Phi) is 3.01. The quantitative estimate of drug-likeness (QED) is 0.603. The van der Waals surface area contributed by atoms with Crippen LogP contribution in [0, 0.1) is 0 Å². The maximum Gasteiger partial charge on any atom is 0.247 e. The molecular weight excluding hydrogens is 152 g/mol. The molecule has 2 heteroatoms. The van der Waals surface area contributed by atoms with Crippen molar-refractivity contribution in [3.63, 3.8) is 0 Å². The van der Waals surface area contributed by atoms with Gasteiger partial charge in [0.1, 0.15) is 12.0 Å². The van der Waals surface area contributed by atoms with Gasteiger partial charge in [-0.05, 0) is 13.3 Å². The van der Waals surface area contributed by atoms with Crippen LogP contribution in [0.5, 0.6) is 0 Å². The van der Waals surface area contributed by atoms with Crippen LogP contribution in [0.2, 0.25) is 0 Å². The van der Waals surface area contributed by atoms with Gasteiger partial charge in [-0.2, -0.15) is 0 Å². The van der Waals surface area contributed by atoms with E-state index in [1.54, 1.807) is 6.26 Å². The van der Waals surface area contributed by atoms with Gasteiger partial charge in [-0.15, -0.1) is 0 Å². The minimum atomic E-state index is -0.376. The minimum absolute atomic E-state index is 0.376. The topological polar surface area (TPSA) is 18.5 Å². The molecule has 0 bridgehead atoms. The highest BCUT2D eigenvalue weighted by atomic mass is 16.7. The van der Waals surface area contributed by atoms with E-state index >= 15 is 0 Å². The molecule has 1 aliphatic rings. The van der Waals surface area contributed by atoms with Crippen molar-refractivity contribution in [1.29, 1.82) is 0 Å². The number of ether oxygens (including phenoxy) is 2. The maximum atomic E-state index is 5.53. The molecule has 0 aliphatic carbocycles. The molecule has 0 saturated heterocycles. The summed E-state index contributed by atoms with van der Waals surface area (Å²) in [6.07, 6.45) is 6.35. The van der Waals surface area contributed by atoms with E-state index in [1.165, 1.54) is 19.3 Å². The Morgan fingerprint density at radius 1 is 1.42 bits per heavy atom. The van der Waals surface area contributed by atoms with Gasteiger partial charge in [0.25, 0.3) is 0 Å². The van der Waals surface area contributed by atoms with E-state index in [1.807, 2.05) is 13.8 Å². The highest BCUT2D eigenvalue weighted by Gasteiger charge is 2.30. The third-order valence-corrected chi connectivity index (χ3v) is 2.09. The lowest BCUT2D eigenvalue weighted by molar-refractivity contribution is -0.138. The van der Waals surface area contributed by atoms with E-state index in [0.29, 0.717) is 0 Å². The standard InChI is InChI=1S/C10H18O2/c1-4-5-6-7-10(3)11-8-9(2)12-10/h8H,4-7H2,1-3H3. The van der Waals surface area contributed by atoms with Gasteiger partial charge in [-0.3, -0.25) is 0 Å². The molecule has 0 aromatic heterocycles. The van der Waals surface area contributed by atoms with Gasteiger partial charge in [0, 0.05) is 13.3 Å². The number of unbranched alkanes of at least 4 members (excludes halogenated alkanes) is 2. The summed E-state index contributed by atoms with van der Waals surface area (Å²) in [6.45, 7) is 6.11. The first-order chi connectivity index (χ1) is 5.66. The lowest BCUT2D eigenvalue weighted by atomic mass is 10.1. The molecule has 12 heavy (non-hydrogen) atoms. The highest BCUT2D eigenvalue weighted by molar-refractivity contribution is 4.91. The Hall–Kier alpha value is -0.660. The predicted molar refractivity (Wildman–Crippen MR) is 48.5 cm³/mol. The fraction of sp³-hybridized carbons (Fsp3) is 0.800. The molecule has 1 atom stereocenters. The van der Waals surface area contributed by atoms with Crippen LogP contribution in [-0.4, -0.2) is 5.79 Å². The lowest BCUT2D eigenvalue weighted by Gasteiger charge is -2.23. The lowest BCUT2D eigenvalue weighted by Crippen LogP contribution is -2.25. The summed E-state index contributed by atoms with van der Waals surface area (Å²) in [7, 11) is 0. The molecule has 70 valence electrons. The van der Waals surface area contributed by atoms with Gasteiger partial charge in [0.15, 0.2) is 0 Å².